The van der Waals surface area contributed by atoms with Crippen molar-refractivity contribution in [2.45, 2.75) is 18.9 Å². The molecule has 0 spiro atoms. The number of fused-ring (bicyclic) bond motifs is 2. The highest BCUT2D eigenvalue weighted by molar-refractivity contribution is 5.94. The molecule has 3 aromatic carbocycles. The standard InChI is InChI=1S/C21H18O4/c1-13(21(23)25-12-17-11-24-17)15-8-9-19-16(10-15)7-6-14-4-2-3-5-18(14)20(19)22/h2-10,13,17H,11-12H2,1H3. The van der Waals surface area contributed by atoms with E-state index in [2.05, 4.69) is 0 Å². The van der Waals surface area contributed by atoms with Crippen LogP contribution < -0.4 is 5.43 Å². The van der Waals surface area contributed by atoms with E-state index in [0.29, 0.717) is 24.0 Å². The lowest BCUT2D eigenvalue weighted by Gasteiger charge is -2.11. The highest BCUT2D eigenvalue weighted by atomic mass is 16.6. The largest absolute Gasteiger partial charge is 0.462 e. The van der Waals surface area contributed by atoms with Crippen LogP contribution in [-0.4, -0.2) is 25.3 Å². The number of carbonyl (C=O) groups excluding carboxylic acids is 1. The normalized spacial score (nSPS) is 17.4. The molecule has 0 radical (unpaired) electrons. The summed E-state index contributed by atoms with van der Waals surface area (Å²) in [4.78, 5) is 25.0. The van der Waals surface area contributed by atoms with Gasteiger partial charge in [-0.3, -0.25) is 9.59 Å². The number of hydrogen-bond acceptors (Lipinski definition) is 4. The van der Waals surface area contributed by atoms with Crippen LogP contribution in [0.2, 0.25) is 0 Å². The quantitative estimate of drug-likeness (QED) is 0.542. The third-order valence-electron chi connectivity index (χ3n) is 4.64. The minimum absolute atomic E-state index is 0.00302. The molecule has 4 nitrogen and oxygen atoms in total. The maximum atomic E-state index is 12.8. The van der Waals surface area contributed by atoms with Gasteiger partial charge in [0.1, 0.15) is 12.7 Å². The van der Waals surface area contributed by atoms with E-state index < -0.39 is 5.92 Å². The van der Waals surface area contributed by atoms with Crippen LogP contribution in [0.25, 0.3) is 21.5 Å². The molecule has 3 aromatic rings. The van der Waals surface area contributed by atoms with Crippen molar-refractivity contribution in [3.8, 4) is 0 Å². The average molecular weight is 334 g/mol. The number of hydrogen-bond donors (Lipinski definition) is 0. The fourth-order valence-electron chi connectivity index (χ4n) is 2.97. The van der Waals surface area contributed by atoms with Crippen LogP contribution in [0.15, 0.2) is 59.4 Å². The lowest BCUT2D eigenvalue weighted by Crippen LogP contribution is -2.16. The first-order chi connectivity index (χ1) is 12.1. The van der Waals surface area contributed by atoms with Crippen LogP contribution >= 0.6 is 0 Å². The molecule has 4 rings (SSSR count). The minimum Gasteiger partial charge on any atom is -0.462 e. The van der Waals surface area contributed by atoms with Crippen molar-refractivity contribution < 1.29 is 14.3 Å². The average Bonchev–Trinajstić information content (AvgIpc) is 3.48. The monoisotopic (exact) mass is 334 g/mol. The Hall–Kier alpha value is -2.72. The van der Waals surface area contributed by atoms with Gasteiger partial charge in [0.05, 0.1) is 12.5 Å². The molecule has 0 aliphatic carbocycles. The van der Waals surface area contributed by atoms with Crippen molar-refractivity contribution in [3.05, 3.63) is 70.4 Å². The van der Waals surface area contributed by atoms with Crippen molar-refractivity contribution in [3.63, 3.8) is 0 Å². The maximum Gasteiger partial charge on any atom is 0.313 e. The second-order valence-electron chi connectivity index (χ2n) is 6.40. The molecule has 0 amide bonds. The lowest BCUT2D eigenvalue weighted by molar-refractivity contribution is -0.145. The van der Waals surface area contributed by atoms with Crippen LogP contribution in [0, 0.1) is 0 Å². The summed E-state index contributed by atoms with van der Waals surface area (Å²) in [5, 5.41) is 3.07. The summed E-state index contributed by atoms with van der Waals surface area (Å²) < 4.78 is 10.3. The van der Waals surface area contributed by atoms with Gasteiger partial charge in [-0.2, -0.15) is 0 Å². The summed E-state index contributed by atoms with van der Waals surface area (Å²) in [6.07, 6.45) is 0.0576. The van der Waals surface area contributed by atoms with Crippen molar-refractivity contribution in [2.24, 2.45) is 0 Å². The Morgan fingerprint density at radius 3 is 2.64 bits per heavy atom. The first-order valence-corrected chi connectivity index (χ1v) is 8.37. The van der Waals surface area contributed by atoms with E-state index in [-0.39, 0.29) is 17.5 Å². The molecular formula is C21H18O4. The zero-order valence-electron chi connectivity index (χ0n) is 13.9. The van der Waals surface area contributed by atoms with Gasteiger partial charge >= 0.3 is 5.97 Å². The Morgan fingerprint density at radius 1 is 1.12 bits per heavy atom. The van der Waals surface area contributed by atoms with Crippen LogP contribution in [0.4, 0.5) is 0 Å². The molecule has 1 fully saturated rings. The highest BCUT2D eigenvalue weighted by Gasteiger charge is 2.26. The topological polar surface area (TPSA) is 55.9 Å². The van der Waals surface area contributed by atoms with Gasteiger partial charge in [-0.15, -0.1) is 0 Å². The van der Waals surface area contributed by atoms with Gasteiger partial charge in [0, 0.05) is 10.8 Å². The molecule has 0 bridgehead atoms. The maximum absolute atomic E-state index is 12.8. The van der Waals surface area contributed by atoms with Gasteiger partial charge in [0.25, 0.3) is 0 Å². The summed E-state index contributed by atoms with van der Waals surface area (Å²) >= 11 is 0. The summed E-state index contributed by atoms with van der Waals surface area (Å²) in [6.45, 7) is 2.78. The van der Waals surface area contributed by atoms with E-state index >= 15 is 0 Å². The van der Waals surface area contributed by atoms with Gasteiger partial charge in [-0.25, -0.2) is 0 Å². The summed E-state index contributed by atoms with van der Waals surface area (Å²) in [5.41, 5.74) is 0.840. The van der Waals surface area contributed by atoms with E-state index in [1.165, 1.54) is 0 Å². The van der Waals surface area contributed by atoms with Crippen molar-refractivity contribution in [2.75, 3.05) is 13.2 Å². The number of benzene rings is 2. The van der Waals surface area contributed by atoms with Gasteiger partial charge < -0.3 is 9.47 Å². The highest BCUT2D eigenvalue weighted by Crippen LogP contribution is 2.23. The zero-order valence-corrected chi connectivity index (χ0v) is 13.9. The Morgan fingerprint density at radius 2 is 1.84 bits per heavy atom. The molecule has 1 aliphatic rings. The molecular weight excluding hydrogens is 316 g/mol. The minimum atomic E-state index is -0.391. The van der Waals surface area contributed by atoms with E-state index in [9.17, 15) is 9.59 Å². The summed E-state index contributed by atoms with van der Waals surface area (Å²) in [7, 11) is 0. The molecule has 1 aliphatic heterocycles. The SMILES string of the molecule is CC(C(=O)OCC1CO1)c1ccc2c(=O)c3ccccc3ccc2c1. The van der Waals surface area contributed by atoms with E-state index in [1.54, 1.807) is 6.07 Å². The van der Waals surface area contributed by atoms with Crippen LogP contribution in [0.1, 0.15) is 18.4 Å². The first kappa shape index (κ1) is 15.8. The van der Waals surface area contributed by atoms with Crippen molar-refractivity contribution in [1.29, 1.82) is 0 Å². The molecule has 25 heavy (non-hydrogen) atoms. The Balaban J connectivity index is 1.73. The molecule has 0 aromatic heterocycles. The van der Waals surface area contributed by atoms with E-state index in [0.717, 1.165) is 16.3 Å². The fraction of sp³-hybridized carbons (Fsp3) is 0.238. The molecule has 0 saturated carbocycles. The van der Waals surface area contributed by atoms with Crippen LogP contribution in [-0.2, 0) is 14.3 Å². The van der Waals surface area contributed by atoms with Crippen LogP contribution in [0.3, 0.4) is 0 Å². The number of ether oxygens (including phenoxy) is 2. The van der Waals surface area contributed by atoms with Gasteiger partial charge in [0.2, 0.25) is 0 Å². The molecule has 126 valence electrons. The molecule has 0 N–H and O–H groups in total. The smallest absolute Gasteiger partial charge is 0.313 e. The lowest BCUT2D eigenvalue weighted by atomic mass is 9.98. The number of rotatable bonds is 4. The van der Waals surface area contributed by atoms with Crippen molar-refractivity contribution >= 4 is 27.5 Å². The molecule has 1 saturated heterocycles. The summed E-state index contributed by atoms with van der Waals surface area (Å²) in [5.74, 6) is -0.666. The second-order valence-corrected chi connectivity index (χ2v) is 6.40. The number of epoxide rings is 1. The second kappa shape index (κ2) is 6.30. The molecule has 2 unspecified atom stereocenters. The Labute approximate surface area is 145 Å². The third kappa shape index (κ3) is 3.13. The number of esters is 1. The van der Waals surface area contributed by atoms with E-state index in [1.807, 2.05) is 55.5 Å². The van der Waals surface area contributed by atoms with Gasteiger partial charge in [-0.1, -0.05) is 54.6 Å². The predicted molar refractivity (Wildman–Crippen MR) is 96.8 cm³/mol. The predicted octanol–water partition coefficient (Wildman–Crippen LogP) is 3.40. The van der Waals surface area contributed by atoms with E-state index in [4.69, 9.17) is 9.47 Å². The fourth-order valence-corrected chi connectivity index (χ4v) is 2.97. The molecule has 4 heteroatoms. The first-order valence-electron chi connectivity index (χ1n) is 8.37. The number of carbonyl (C=O) groups is 1. The van der Waals surface area contributed by atoms with Gasteiger partial charge in [0.15, 0.2) is 5.43 Å². The Kier molecular flexibility index (Phi) is 3.98. The molecule has 1 heterocycles. The Bertz CT molecular complexity index is 1020. The summed E-state index contributed by atoms with van der Waals surface area (Å²) in [6, 6.07) is 16.9. The van der Waals surface area contributed by atoms with Crippen LogP contribution in [0.5, 0.6) is 0 Å². The van der Waals surface area contributed by atoms with Gasteiger partial charge in [-0.05, 0) is 23.3 Å². The van der Waals surface area contributed by atoms with Crippen molar-refractivity contribution in [1.82, 2.24) is 0 Å². The third-order valence-corrected chi connectivity index (χ3v) is 4.64. The molecule has 2 atom stereocenters. The zero-order chi connectivity index (χ0) is 17.4.